The second-order valence-electron chi connectivity index (χ2n) is 5.10. The van der Waals surface area contributed by atoms with E-state index >= 15 is 0 Å². The zero-order valence-corrected chi connectivity index (χ0v) is 12.7. The molecule has 1 aromatic rings. The number of hydrogen-bond donors (Lipinski definition) is 3. The van der Waals surface area contributed by atoms with Gasteiger partial charge in [0.05, 0.1) is 10.9 Å². The van der Waals surface area contributed by atoms with Gasteiger partial charge in [0.1, 0.15) is 19.0 Å². The minimum atomic E-state index is -3.79. The minimum absolute atomic E-state index is 0.0543. The fourth-order valence-electron chi connectivity index (χ4n) is 1.98. The molecule has 1 aromatic carbocycles. The molecule has 8 heteroatoms. The van der Waals surface area contributed by atoms with Crippen molar-refractivity contribution >= 4 is 15.9 Å². The van der Waals surface area contributed by atoms with Gasteiger partial charge in [-0.25, -0.2) is 13.1 Å². The fraction of sp³-hybridized carbons (Fsp3) is 0.462. The Hall–Kier alpha value is -1.80. The zero-order valence-electron chi connectivity index (χ0n) is 11.9. The molecule has 1 aliphatic heterocycles. The Morgan fingerprint density at radius 3 is 2.48 bits per heavy atom. The van der Waals surface area contributed by atoms with E-state index < -0.39 is 16.1 Å². The molecule has 4 N–H and O–H groups in total. The molecule has 0 aliphatic carbocycles. The van der Waals surface area contributed by atoms with Crippen molar-refractivity contribution in [3.05, 3.63) is 18.2 Å². The smallest absolute Gasteiger partial charge is 0.241 e. The lowest BCUT2D eigenvalue weighted by atomic mass is 10.1. The number of benzene rings is 1. The Morgan fingerprint density at radius 1 is 1.29 bits per heavy atom. The first-order valence-electron chi connectivity index (χ1n) is 6.57. The van der Waals surface area contributed by atoms with Gasteiger partial charge in [-0.2, -0.15) is 0 Å². The molecule has 0 bridgehead atoms. The summed E-state index contributed by atoms with van der Waals surface area (Å²) in [5.74, 6) is 0.570. The van der Waals surface area contributed by atoms with E-state index in [2.05, 4.69) is 4.72 Å². The summed E-state index contributed by atoms with van der Waals surface area (Å²) in [5.41, 5.74) is 5.45. The second kappa shape index (κ2) is 5.90. The highest BCUT2D eigenvalue weighted by molar-refractivity contribution is 7.89. The lowest BCUT2D eigenvalue weighted by Gasteiger charge is -2.22. The van der Waals surface area contributed by atoms with Crippen molar-refractivity contribution in [2.24, 2.45) is 11.7 Å². The molecule has 0 fully saturated rings. The molecule has 1 unspecified atom stereocenters. The van der Waals surface area contributed by atoms with Crippen molar-refractivity contribution in [2.45, 2.75) is 24.8 Å². The van der Waals surface area contributed by atoms with Crippen molar-refractivity contribution in [1.29, 1.82) is 5.41 Å². The summed E-state index contributed by atoms with van der Waals surface area (Å²) in [4.78, 5) is 0.0543. The highest BCUT2D eigenvalue weighted by atomic mass is 32.2. The van der Waals surface area contributed by atoms with Crippen LogP contribution in [0.25, 0.3) is 0 Å². The summed E-state index contributed by atoms with van der Waals surface area (Å²) in [6, 6.07) is 3.66. The Bertz CT molecular complexity index is 643. The zero-order chi connectivity index (χ0) is 15.6. The Balaban J connectivity index is 2.29. The molecule has 1 atom stereocenters. The van der Waals surface area contributed by atoms with Gasteiger partial charge >= 0.3 is 0 Å². The van der Waals surface area contributed by atoms with E-state index in [0.717, 1.165) is 0 Å². The van der Waals surface area contributed by atoms with E-state index in [9.17, 15) is 8.42 Å². The highest BCUT2D eigenvalue weighted by Gasteiger charge is 2.26. The van der Waals surface area contributed by atoms with E-state index in [1.807, 2.05) is 0 Å². The van der Waals surface area contributed by atoms with Crippen LogP contribution in [-0.4, -0.2) is 33.5 Å². The van der Waals surface area contributed by atoms with Crippen molar-refractivity contribution < 1.29 is 17.9 Å². The Morgan fingerprint density at radius 2 is 1.90 bits per heavy atom. The number of fused-ring (bicyclic) bond motifs is 1. The molecule has 0 aromatic heterocycles. The average molecular weight is 313 g/mol. The van der Waals surface area contributed by atoms with E-state index in [4.69, 9.17) is 20.6 Å². The van der Waals surface area contributed by atoms with Crippen LogP contribution in [0.5, 0.6) is 11.5 Å². The van der Waals surface area contributed by atoms with Crippen LogP contribution in [0.3, 0.4) is 0 Å². The van der Waals surface area contributed by atoms with Gasteiger partial charge in [0, 0.05) is 6.07 Å². The maximum atomic E-state index is 12.4. The van der Waals surface area contributed by atoms with Gasteiger partial charge in [-0.15, -0.1) is 0 Å². The summed E-state index contributed by atoms with van der Waals surface area (Å²) in [6.07, 6.45) is 0. The summed E-state index contributed by atoms with van der Waals surface area (Å²) < 4.78 is 37.9. The summed E-state index contributed by atoms with van der Waals surface area (Å²) in [5, 5.41) is 7.48. The third kappa shape index (κ3) is 3.45. The molecule has 0 radical (unpaired) electrons. The lowest BCUT2D eigenvalue weighted by molar-refractivity contribution is 0.171. The molecule has 1 heterocycles. The number of nitrogens with one attached hydrogen (secondary N) is 2. The molecule has 0 saturated heterocycles. The molecule has 1 aliphatic rings. The van der Waals surface area contributed by atoms with E-state index in [0.29, 0.717) is 24.7 Å². The van der Waals surface area contributed by atoms with Gasteiger partial charge in [0.25, 0.3) is 0 Å². The quantitative estimate of drug-likeness (QED) is 0.547. The van der Waals surface area contributed by atoms with Crippen LogP contribution in [0, 0.1) is 11.3 Å². The first kappa shape index (κ1) is 15.6. The number of hydrogen-bond acceptors (Lipinski definition) is 5. The molecule has 21 heavy (non-hydrogen) atoms. The lowest BCUT2D eigenvalue weighted by Crippen LogP contribution is -2.47. The monoisotopic (exact) mass is 313 g/mol. The molecule has 0 amide bonds. The summed E-state index contributed by atoms with van der Waals surface area (Å²) >= 11 is 0. The fourth-order valence-corrected chi connectivity index (χ4v) is 3.36. The van der Waals surface area contributed by atoms with Crippen LogP contribution in [0.1, 0.15) is 13.8 Å². The summed E-state index contributed by atoms with van der Waals surface area (Å²) in [6.45, 7) is 4.40. The predicted octanol–water partition coefficient (Wildman–Crippen LogP) is 0.697. The topological polar surface area (TPSA) is 115 Å². The van der Waals surface area contributed by atoms with Crippen molar-refractivity contribution in [2.75, 3.05) is 13.2 Å². The first-order valence-corrected chi connectivity index (χ1v) is 8.05. The molecule has 0 saturated carbocycles. The first-order chi connectivity index (χ1) is 9.81. The maximum absolute atomic E-state index is 12.4. The van der Waals surface area contributed by atoms with Crippen LogP contribution in [0.15, 0.2) is 23.1 Å². The van der Waals surface area contributed by atoms with Gasteiger partial charge in [-0.3, -0.25) is 5.41 Å². The van der Waals surface area contributed by atoms with Crippen molar-refractivity contribution in [1.82, 2.24) is 4.72 Å². The maximum Gasteiger partial charge on any atom is 0.241 e. The number of rotatable bonds is 5. The van der Waals surface area contributed by atoms with Gasteiger partial charge < -0.3 is 15.2 Å². The largest absolute Gasteiger partial charge is 0.486 e. The normalized spacial score (nSPS) is 15.8. The average Bonchev–Trinajstić information content (AvgIpc) is 2.43. The predicted molar refractivity (Wildman–Crippen MR) is 78.3 cm³/mol. The molecule has 0 spiro atoms. The van der Waals surface area contributed by atoms with E-state index in [-0.39, 0.29) is 16.6 Å². The molecule has 116 valence electrons. The Labute approximate surface area is 124 Å². The van der Waals surface area contributed by atoms with E-state index in [1.165, 1.54) is 12.1 Å². The standard InChI is InChI=1S/C13H19N3O4S/c1-8(2)12(13(14)15)16-21(17,18)9-3-4-10-11(7-9)20-6-5-19-10/h3-4,7-8,12,16H,5-6H2,1-2H3,(H3,14,15). The number of amidine groups is 1. The van der Waals surface area contributed by atoms with E-state index in [1.54, 1.807) is 19.9 Å². The summed E-state index contributed by atoms with van der Waals surface area (Å²) in [7, 11) is -3.79. The number of sulfonamides is 1. The Kier molecular flexibility index (Phi) is 4.38. The van der Waals surface area contributed by atoms with Gasteiger partial charge in [-0.1, -0.05) is 13.8 Å². The SMILES string of the molecule is CC(C)C(NS(=O)(=O)c1ccc2c(c1)OCCO2)C(=N)N. The van der Waals surface area contributed by atoms with Crippen LogP contribution in [-0.2, 0) is 10.0 Å². The number of ether oxygens (including phenoxy) is 2. The molecular formula is C13H19N3O4S. The molecule has 7 nitrogen and oxygen atoms in total. The third-order valence-corrected chi connectivity index (χ3v) is 4.55. The molecular weight excluding hydrogens is 294 g/mol. The van der Waals surface area contributed by atoms with Crippen molar-refractivity contribution in [3.63, 3.8) is 0 Å². The number of nitrogens with two attached hydrogens (primary N) is 1. The third-order valence-electron chi connectivity index (χ3n) is 3.11. The van der Waals surface area contributed by atoms with Crippen LogP contribution < -0.4 is 19.9 Å². The molecule has 2 rings (SSSR count). The van der Waals surface area contributed by atoms with Crippen molar-refractivity contribution in [3.8, 4) is 11.5 Å². The highest BCUT2D eigenvalue weighted by Crippen LogP contribution is 2.32. The van der Waals surface area contributed by atoms with Crippen LogP contribution >= 0.6 is 0 Å². The van der Waals surface area contributed by atoms with Gasteiger partial charge in [-0.05, 0) is 18.1 Å². The second-order valence-corrected chi connectivity index (χ2v) is 6.82. The van der Waals surface area contributed by atoms with Gasteiger partial charge in [0.2, 0.25) is 10.0 Å². The van der Waals surface area contributed by atoms with Crippen LogP contribution in [0.4, 0.5) is 0 Å². The minimum Gasteiger partial charge on any atom is -0.486 e. The van der Waals surface area contributed by atoms with Gasteiger partial charge in [0.15, 0.2) is 11.5 Å². The van der Waals surface area contributed by atoms with Crippen LogP contribution in [0.2, 0.25) is 0 Å².